The zero-order valence-electron chi connectivity index (χ0n) is 18.9. The molecule has 174 valence electrons. The van der Waals surface area contributed by atoms with Gasteiger partial charge in [-0.1, -0.05) is 24.3 Å². The van der Waals surface area contributed by atoms with E-state index in [9.17, 15) is 14.7 Å². The minimum atomic E-state index is -0.697. The van der Waals surface area contributed by atoms with Gasteiger partial charge in [-0.2, -0.15) is 0 Å². The molecule has 1 amide bonds. The summed E-state index contributed by atoms with van der Waals surface area (Å²) in [6.07, 6.45) is 6.42. The molecular formula is C26H27N5O3. The van der Waals surface area contributed by atoms with E-state index in [1.807, 2.05) is 24.4 Å². The maximum absolute atomic E-state index is 12.6. The van der Waals surface area contributed by atoms with Crippen LogP contribution in [0.4, 0.5) is 0 Å². The molecular weight excluding hydrogens is 430 g/mol. The number of imidazole rings is 1. The average Bonchev–Trinajstić information content (AvgIpc) is 3.46. The zero-order valence-corrected chi connectivity index (χ0v) is 18.9. The van der Waals surface area contributed by atoms with Gasteiger partial charge in [0.25, 0.3) is 11.5 Å². The standard InChI is InChI=1S/C26H27N5O3/c1-30-9-8-19(12-25(30)33)20-6-7-24-29-23(16-31(24)15-20)26(34)28-14-22(32)13-27-21-10-17-4-2-3-5-18(17)11-21/h2-9,12,15-16,21-22,27,32H,10-11,13-14H2,1H3,(H,28,34). The summed E-state index contributed by atoms with van der Waals surface area (Å²) >= 11 is 0. The number of carbonyl (C=O) groups is 1. The first-order valence-corrected chi connectivity index (χ1v) is 11.4. The third-order valence-electron chi connectivity index (χ3n) is 6.31. The van der Waals surface area contributed by atoms with Crippen LogP contribution in [0.5, 0.6) is 0 Å². The van der Waals surface area contributed by atoms with Crippen molar-refractivity contribution in [1.29, 1.82) is 0 Å². The van der Waals surface area contributed by atoms with Gasteiger partial charge in [0.05, 0.1) is 6.10 Å². The molecule has 1 atom stereocenters. The van der Waals surface area contributed by atoms with Crippen LogP contribution in [0, 0.1) is 0 Å². The summed E-state index contributed by atoms with van der Waals surface area (Å²) in [5.74, 6) is -0.342. The highest BCUT2D eigenvalue weighted by Crippen LogP contribution is 2.21. The van der Waals surface area contributed by atoms with Gasteiger partial charge in [0.15, 0.2) is 0 Å². The summed E-state index contributed by atoms with van der Waals surface area (Å²) < 4.78 is 3.27. The Hall–Kier alpha value is -3.75. The summed E-state index contributed by atoms with van der Waals surface area (Å²) in [6.45, 7) is 0.544. The molecule has 0 fully saturated rings. The minimum absolute atomic E-state index is 0.0891. The predicted molar refractivity (Wildman–Crippen MR) is 130 cm³/mol. The molecule has 8 heteroatoms. The molecule has 0 bridgehead atoms. The topological polar surface area (TPSA) is 101 Å². The largest absolute Gasteiger partial charge is 0.390 e. The Bertz CT molecular complexity index is 1380. The molecule has 5 rings (SSSR count). The number of benzene rings is 1. The van der Waals surface area contributed by atoms with Crippen molar-refractivity contribution in [3.63, 3.8) is 0 Å². The van der Waals surface area contributed by atoms with Crippen LogP contribution in [-0.2, 0) is 19.9 Å². The number of carbonyl (C=O) groups excluding carboxylic acids is 1. The second-order valence-electron chi connectivity index (χ2n) is 8.82. The fraction of sp³-hybridized carbons (Fsp3) is 0.269. The summed E-state index contributed by atoms with van der Waals surface area (Å²) in [5, 5.41) is 16.5. The van der Waals surface area contributed by atoms with Crippen molar-refractivity contribution in [2.24, 2.45) is 7.05 Å². The van der Waals surface area contributed by atoms with Crippen LogP contribution in [0.3, 0.4) is 0 Å². The van der Waals surface area contributed by atoms with E-state index in [1.165, 1.54) is 15.7 Å². The van der Waals surface area contributed by atoms with Crippen LogP contribution < -0.4 is 16.2 Å². The van der Waals surface area contributed by atoms with Gasteiger partial charge in [0, 0.05) is 50.8 Å². The first kappa shape index (κ1) is 22.1. The third-order valence-corrected chi connectivity index (χ3v) is 6.31. The SMILES string of the molecule is Cn1ccc(-c2ccc3nc(C(=O)NCC(O)CNC4Cc5ccccc5C4)cn3c2)cc1=O. The number of fused-ring (bicyclic) bond motifs is 2. The molecule has 1 unspecified atom stereocenters. The number of amides is 1. The summed E-state index contributed by atoms with van der Waals surface area (Å²) in [7, 11) is 1.71. The van der Waals surface area contributed by atoms with Gasteiger partial charge >= 0.3 is 0 Å². The number of nitrogens with zero attached hydrogens (tertiary/aromatic N) is 3. The van der Waals surface area contributed by atoms with E-state index in [0.717, 1.165) is 24.0 Å². The van der Waals surface area contributed by atoms with E-state index >= 15 is 0 Å². The van der Waals surface area contributed by atoms with Gasteiger partial charge in [-0.25, -0.2) is 4.98 Å². The zero-order chi connectivity index (χ0) is 23.7. The summed E-state index contributed by atoms with van der Waals surface area (Å²) in [6, 6.07) is 15.8. The maximum atomic E-state index is 12.6. The van der Waals surface area contributed by atoms with Crippen LogP contribution in [0.25, 0.3) is 16.8 Å². The van der Waals surface area contributed by atoms with Crippen LogP contribution in [0.1, 0.15) is 21.6 Å². The van der Waals surface area contributed by atoms with E-state index in [4.69, 9.17) is 0 Å². The highest BCUT2D eigenvalue weighted by molar-refractivity contribution is 5.92. The normalized spacial score (nSPS) is 14.3. The first-order chi connectivity index (χ1) is 16.5. The lowest BCUT2D eigenvalue weighted by Gasteiger charge is -2.16. The quantitative estimate of drug-likeness (QED) is 0.391. The molecule has 1 aliphatic carbocycles. The molecule has 34 heavy (non-hydrogen) atoms. The lowest BCUT2D eigenvalue weighted by atomic mass is 10.1. The van der Waals surface area contributed by atoms with E-state index in [0.29, 0.717) is 18.2 Å². The molecule has 0 aliphatic heterocycles. The Labute approximate surface area is 196 Å². The average molecular weight is 458 g/mol. The number of nitrogens with one attached hydrogen (secondary N) is 2. The van der Waals surface area contributed by atoms with E-state index < -0.39 is 6.10 Å². The highest BCUT2D eigenvalue weighted by Gasteiger charge is 2.21. The Morgan fingerprint density at radius 2 is 1.85 bits per heavy atom. The molecule has 0 spiro atoms. The number of aliphatic hydroxyl groups excluding tert-OH is 1. The predicted octanol–water partition coefficient (Wildman–Crippen LogP) is 1.55. The lowest BCUT2D eigenvalue weighted by molar-refractivity contribution is 0.0909. The molecule has 4 aromatic rings. The second kappa shape index (κ2) is 9.24. The number of rotatable bonds is 7. The highest BCUT2D eigenvalue weighted by atomic mass is 16.3. The van der Waals surface area contributed by atoms with Crippen molar-refractivity contribution < 1.29 is 9.90 Å². The Balaban J connectivity index is 1.17. The smallest absolute Gasteiger partial charge is 0.271 e. The Morgan fingerprint density at radius 1 is 1.09 bits per heavy atom. The van der Waals surface area contributed by atoms with Crippen LogP contribution in [-0.4, -0.2) is 50.2 Å². The van der Waals surface area contributed by atoms with E-state index in [1.54, 1.807) is 29.9 Å². The fourth-order valence-corrected chi connectivity index (χ4v) is 4.38. The van der Waals surface area contributed by atoms with Crippen LogP contribution in [0.15, 0.2) is 71.9 Å². The van der Waals surface area contributed by atoms with Gasteiger partial charge in [0.2, 0.25) is 0 Å². The fourth-order valence-electron chi connectivity index (χ4n) is 4.38. The molecule has 0 saturated carbocycles. The monoisotopic (exact) mass is 457 g/mol. The number of aryl methyl sites for hydroxylation is 1. The summed E-state index contributed by atoms with van der Waals surface area (Å²) in [5.41, 5.74) is 5.16. The molecule has 3 N–H and O–H groups in total. The van der Waals surface area contributed by atoms with Crippen molar-refractivity contribution in [2.75, 3.05) is 13.1 Å². The van der Waals surface area contributed by atoms with Crippen LogP contribution >= 0.6 is 0 Å². The van der Waals surface area contributed by atoms with Crippen LogP contribution in [0.2, 0.25) is 0 Å². The van der Waals surface area contributed by atoms with E-state index in [-0.39, 0.29) is 23.7 Å². The number of pyridine rings is 2. The molecule has 3 heterocycles. The lowest BCUT2D eigenvalue weighted by Crippen LogP contribution is -2.41. The third kappa shape index (κ3) is 4.64. The maximum Gasteiger partial charge on any atom is 0.271 e. The molecule has 0 saturated heterocycles. The minimum Gasteiger partial charge on any atom is -0.390 e. The molecule has 3 aromatic heterocycles. The number of aliphatic hydroxyl groups is 1. The number of hydrogen-bond donors (Lipinski definition) is 3. The Morgan fingerprint density at radius 3 is 2.59 bits per heavy atom. The first-order valence-electron chi connectivity index (χ1n) is 11.4. The number of hydrogen-bond acceptors (Lipinski definition) is 5. The van der Waals surface area contributed by atoms with Gasteiger partial charge in [-0.05, 0) is 53.3 Å². The van der Waals surface area contributed by atoms with Crippen molar-refractivity contribution in [3.05, 3.63) is 94.3 Å². The van der Waals surface area contributed by atoms with Gasteiger partial charge in [-0.3, -0.25) is 9.59 Å². The molecule has 0 radical (unpaired) electrons. The second-order valence-corrected chi connectivity index (χ2v) is 8.82. The van der Waals surface area contributed by atoms with Gasteiger partial charge in [0.1, 0.15) is 11.3 Å². The number of aromatic nitrogens is 3. The van der Waals surface area contributed by atoms with Gasteiger partial charge in [-0.15, -0.1) is 0 Å². The van der Waals surface area contributed by atoms with Crippen molar-refractivity contribution in [3.8, 4) is 11.1 Å². The van der Waals surface area contributed by atoms with Gasteiger partial charge < -0.3 is 24.7 Å². The molecule has 8 nitrogen and oxygen atoms in total. The molecule has 1 aromatic carbocycles. The van der Waals surface area contributed by atoms with Crippen molar-refractivity contribution >= 4 is 11.6 Å². The molecule has 1 aliphatic rings. The van der Waals surface area contributed by atoms with E-state index in [2.05, 4.69) is 39.9 Å². The van der Waals surface area contributed by atoms with Crippen molar-refractivity contribution in [1.82, 2.24) is 24.6 Å². The van der Waals surface area contributed by atoms with Crippen molar-refractivity contribution in [2.45, 2.75) is 25.0 Å². The Kier molecular flexibility index (Phi) is 6.00. The summed E-state index contributed by atoms with van der Waals surface area (Å²) in [4.78, 5) is 28.9.